The number of para-hydroxylation sites is 1. The van der Waals surface area contributed by atoms with Crippen molar-refractivity contribution in [2.24, 2.45) is 0 Å². The summed E-state index contributed by atoms with van der Waals surface area (Å²) in [6.07, 6.45) is 1.87. The molecule has 216 valence electrons. The number of carboxylic acids is 1. The Balaban J connectivity index is 1.20. The molecule has 0 spiro atoms. The van der Waals surface area contributed by atoms with Gasteiger partial charge in [0.1, 0.15) is 17.8 Å². The van der Waals surface area contributed by atoms with Crippen molar-refractivity contribution in [2.75, 3.05) is 26.2 Å². The van der Waals surface area contributed by atoms with E-state index in [9.17, 15) is 29.1 Å². The summed E-state index contributed by atoms with van der Waals surface area (Å²) in [4.78, 5) is 70.0. The van der Waals surface area contributed by atoms with Crippen molar-refractivity contribution in [3.8, 4) is 0 Å². The number of benzene rings is 2. The Morgan fingerprint density at radius 3 is 2.43 bits per heavy atom. The molecule has 2 atom stereocenters. The zero-order valence-electron chi connectivity index (χ0n) is 22.7. The van der Waals surface area contributed by atoms with E-state index in [0.717, 1.165) is 34.3 Å². The van der Waals surface area contributed by atoms with Crippen molar-refractivity contribution in [3.63, 3.8) is 0 Å². The minimum atomic E-state index is -1.38. The fourth-order valence-corrected chi connectivity index (χ4v) is 5.80. The van der Waals surface area contributed by atoms with E-state index in [-0.39, 0.29) is 42.4 Å². The lowest BCUT2D eigenvalue weighted by Crippen LogP contribution is -2.53. The third-order valence-electron chi connectivity index (χ3n) is 7.87. The molecule has 4 amide bonds. The summed E-state index contributed by atoms with van der Waals surface area (Å²) in [5.41, 5.74) is 1.56. The monoisotopic (exact) mass is 570 g/mol. The van der Waals surface area contributed by atoms with Crippen LogP contribution in [0, 0.1) is 0 Å². The van der Waals surface area contributed by atoms with Gasteiger partial charge in [0.05, 0.1) is 12.1 Å². The number of carbonyl (C=O) groups is 5. The summed E-state index contributed by atoms with van der Waals surface area (Å²) < 4.78 is 0. The van der Waals surface area contributed by atoms with Gasteiger partial charge in [-0.1, -0.05) is 48.5 Å². The molecule has 4 heterocycles. The van der Waals surface area contributed by atoms with Crippen LogP contribution in [-0.2, 0) is 25.6 Å². The number of aromatic amines is 1. The Morgan fingerprint density at radius 2 is 1.71 bits per heavy atom. The van der Waals surface area contributed by atoms with Crippen molar-refractivity contribution in [1.29, 1.82) is 0 Å². The average Bonchev–Trinajstić information content (AvgIpc) is 3.78. The maximum Gasteiger partial charge on any atom is 0.354 e. The van der Waals surface area contributed by atoms with Gasteiger partial charge in [-0.05, 0) is 30.5 Å². The number of rotatable bonds is 8. The summed E-state index contributed by atoms with van der Waals surface area (Å²) >= 11 is 0. The topological polar surface area (TPSA) is 155 Å². The molecule has 6 rings (SSSR count). The zero-order valence-corrected chi connectivity index (χ0v) is 22.7. The van der Waals surface area contributed by atoms with Gasteiger partial charge in [-0.3, -0.25) is 19.2 Å². The molecule has 12 heteroatoms. The molecule has 3 aliphatic heterocycles. The zero-order chi connectivity index (χ0) is 29.4. The molecule has 0 unspecified atom stereocenters. The Bertz CT molecular complexity index is 1580. The van der Waals surface area contributed by atoms with E-state index in [4.69, 9.17) is 0 Å². The number of carbonyl (C=O) groups excluding carboxylic acids is 4. The third kappa shape index (κ3) is 5.12. The molecular formula is C30H30N6O6. The van der Waals surface area contributed by atoms with Crippen LogP contribution >= 0.6 is 0 Å². The van der Waals surface area contributed by atoms with Gasteiger partial charge in [0, 0.05) is 37.0 Å². The molecule has 0 saturated carbocycles. The highest BCUT2D eigenvalue weighted by atomic mass is 16.4. The SMILES string of the molecule is O=C(O)C1=C(C(=O)N2CCCC2)CN2C[C@H](NC(=O)[C@H](Cc3ccccc3)NC(=O)c3cc4ccccc4[nH]3)C(=O)N12. The Morgan fingerprint density at radius 1 is 1.00 bits per heavy atom. The van der Waals surface area contributed by atoms with Crippen molar-refractivity contribution >= 4 is 40.5 Å². The summed E-state index contributed by atoms with van der Waals surface area (Å²) in [5, 5.41) is 18.7. The second-order valence-corrected chi connectivity index (χ2v) is 10.7. The van der Waals surface area contributed by atoms with Crippen molar-refractivity contribution in [3.05, 3.63) is 83.2 Å². The van der Waals surface area contributed by atoms with Crippen LogP contribution in [0.1, 0.15) is 28.9 Å². The lowest BCUT2D eigenvalue weighted by Gasteiger charge is -2.21. The van der Waals surface area contributed by atoms with E-state index in [2.05, 4.69) is 15.6 Å². The van der Waals surface area contributed by atoms with Gasteiger partial charge in [-0.15, -0.1) is 0 Å². The number of aliphatic carboxylic acids is 1. The fourth-order valence-electron chi connectivity index (χ4n) is 5.80. The van der Waals surface area contributed by atoms with Crippen LogP contribution in [0.15, 0.2) is 71.9 Å². The molecule has 42 heavy (non-hydrogen) atoms. The number of amides is 4. The summed E-state index contributed by atoms with van der Waals surface area (Å²) in [6, 6.07) is 16.2. The molecule has 2 saturated heterocycles. The van der Waals surface area contributed by atoms with Gasteiger partial charge >= 0.3 is 5.97 Å². The first-order chi connectivity index (χ1) is 20.3. The molecular weight excluding hydrogens is 540 g/mol. The lowest BCUT2D eigenvalue weighted by molar-refractivity contribution is -0.143. The molecule has 12 nitrogen and oxygen atoms in total. The largest absolute Gasteiger partial charge is 0.477 e. The third-order valence-corrected chi connectivity index (χ3v) is 7.87. The molecule has 0 aliphatic carbocycles. The number of hydrogen-bond acceptors (Lipinski definition) is 6. The second-order valence-electron chi connectivity index (χ2n) is 10.7. The Hall–Kier alpha value is -4.97. The molecule has 2 aromatic carbocycles. The maximum absolute atomic E-state index is 13.6. The minimum absolute atomic E-state index is 0.00778. The second kappa shape index (κ2) is 11.1. The number of hydrazine groups is 1. The predicted octanol–water partition coefficient (Wildman–Crippen LogP) is 1.03. The number of nitrogens with one attached hydrogen (secondary N) is 3. The van der Waals surface area contributed by atoms with Crippen LogP contribution in [0.3, 0.4) is 0 Å². The molecule has 0 radical (unpaired) electrons. The van der Waals surface area contributed by atoms with Gasteiger partial charge in [0.25, 0.3) is 17.7 Å². The first-order valence-electron chi connectivity index (χ1n) is 13.9. The predicted molar refractivity (Wildman–Crippen MR) is 151 cm³/mol. The first-order valence-corrected chi connectivity index (χ1v) is 13.9. The molecule has 3 aliphatic rings. The van der Waals surface area contributed by atoms with Crippen LogP contribution in [0.4, 0.5) is 0 Å². The van der Waals surface area contributed by atoms with E-state index in [0.29, 0.717) is 13.1 Å². The standard InChI is InChI=1S/C30H30N6O6/c37-26(22(14-18-8-2-1-3-9-18)32-27(38)23-15-19-10-4-5-11-21(19)31-23)33-24-17-35-16-20(28(39)34-12-6-7-13-34)25(30(41)42)36(35)29(24)40/h1-5,8-11,15,22,24,31H,6-7,12-14,16-17H2,(H,32,38)(H,33,37)(H,41,42)/t22-,24-/m0/s1. The van der Waals surface area contributed by atoms with Crippen LogP contribution in [0.25, 0.3) is 10.9 Å². The van der Waals surface area contributed by atoms with E-state index in [1.54, 1.807) is 11.0 Å². The average molecular weight is 571 g/mol. The van der Waals surface area contributed by atoms with Gasteiger partial charge in [-0.2, -0.15) is 0 Å². The number of likely N-dealkylation sites (tertiary alicyclic amines) is 1. The molecule has 2 fully saturated rings. The smallest absolute Gasteiger partial charge is 0.354 e. The highest BCUT2D eigenvalue weighted by Crippen LogP contribution is 2.31. The number of aromatic nitrogens is 1. The molecule has 1 aromatic heterocycles. The van der Waals surface area contributed by atoms with Crippen LogP contribution in [-0.4, -0.2) is 92.9 Å². The Kier molecular flexibility index (Phi) is 7.21. The quantitative estimate of drug-likeness (QED) is 0.315. The van der Waals surface area contributed by atoms with E-state index in [1.165, 1.54) is 5.01 Å². The van der Waals surface area contributed by atoms with E-state index in [1.807, 2.05) is 54.6 Å². The van der Waals surface area contributed by atoms with Crippen molar-refractivity contribution in [1.82, 2.24) is 30.5 Å². The highest BCUT2D eigenvalue weighted by Gasteiger charge is 2.50. The summed E-state index contributed by atoms with van der Waals surface area (Å²) in [7, 11) is 0. The molecule has 0 bridgehead atoms. The number of fused-ring (bicyclic) bond motifs is 2. The maximum atomic E-state index is 13.6. The van der Waals surface area contributed by atoms with E-state index >= 15 is 0 Å². The van der Waals surface area contributed by atoms with Crippen molar-refractivity contribution in [2.45, 2.75) is 31.3 Å². The van der Waals surface area contributed by atoms with E-state index < -0.39 is 35.8 Å². The Labute approximate surface area is 240 Å². The van der Waals surface area contributed by atoms with Crippen LogP contribution < -0.4 is 10.6 Å². The van der Waals surface area contributed by atoms with Gasteiger partial charge in [-0.25, -0.2) is 14.8 Å². The number of H-pyrrole nitrogens is 1. The van der Waals surface area contributed by atoms with Gasteiger partial charge in [0.2, 0.25) is 5.91 Å². The molecule has 4 N–H and O–H groups in total. The number of hydrogen-bond donors (Lipinski definition) is 4. The normalized spacial score (nSPS) is 19.3. The van der Waals surface area contributed by atoms with Crippen LogP contribution in [0.2, 0.25) is 0 Å². The minimum Gasteiger partial charge on any atom is -0.477 e. The van der Waals surface area contributed by atoms with Gasteiger partial charge in [0.15, 0.2) is 5.70 Å². The highest BCUT2D eigenvalue weighted by molar-refractivity contribution is 6.07. The molecule has 3 aromatic rings. The lowest BCUT2D eigenvalue weighted by atomic mass is 10.0. The van der Waals surface area contributed by atoms with Gasteiger partial charge < -0.3 is 25.6 Å². The fraction of sp³-hybridized carbons (Fsp3) is 0.300. The van der Waals surface area contributed by atoms with Crippen LogP contribution in [0.5, 0.6) is 0 Å². The van der Waals surface area contributed by atoms with Crippen molar-refractivity contribution < 1.29 is 29.1 Å². The number of carboxylic acid groups (broad SMARTS) is 1. The summed E-state index contributed by atoms with van der Waals surface area (Å²) in [6.45, 7) is 1.05. The number of nitrogens with zero attached hydrogens (tertiary/aromatic N) is 3. The summed E-state index contributed by atoms with van der Waals surface area (Å²) in [5.74, 6) is -3.47. The first kappa shape index (κ1) is 27.2.